The summed E-state index contributed by atoms with van der Waals surface area (Å²) < 4.78 is 1.58. The molecule has 4 heterocycles. The Morgan fingerprint density at radius 3 is 2.59 bits per heavy atom. The van der Waals surface area contributed by atoms with E-state index in [1.54, 1.807) is 29.8 Å². The fraction of sp³-hybridized carbons (Fsp3) is 0.310. The highest BCUT2D eigenvalue weighted by Crippen LogP contribution is 2.36. The zero-order valence-corrected chi connectivity index (χ0v) is 22.1. The van der Waals surface area contributed by atoms with Crippen molar-refractivity contribution in [1.82, 2.24) is 19.4 Å². The van der Waals surface area contributed by atoms with E-state index in [-0.39, 0.29) is 23.7 Å². The Morgan fingerprint density at radius 1 is 1.08 bits per heavy atom. The molecule has 7 nitrogen and oxygen atoms in total. The summed E-state index contributed by atoms with van der Waals surface area (Å²) in [6.07, 6.45) is 1.90. The Balaban J connectivity index is 1.56. The van der Waals surface area contributed by atoms with Crippen LogP contribution >= 0.6 is 11.6 Å². The molecule has 1 saturated heterocycles. The number of piperazine rings is 1. The van der Waals surface area contributed by atoms with Crippen LogP contribution in [0.5, 0.6) is 0 Å². The second kappa shape index (κ2) is 9.97. The van der Waals surface area contributed by atoms with Crippen LogP contribution in [0.4, 0.5) is 5.69 Å². The van der Waals surface area contributed by atoms with Crippen LogP contribution in [0, 0.1) is 18.3 Å². The lowest BCUT2D eigenvalue weighted by Gasteiger charge is -2.48. The Morgan fingerprint density at radius 2 is 1.89 bits per heavy atom. The zero-order chi connectivity index (χ0) is 26.3. The fourth-order valence-corrected chi connectivity index (χ4v) is 5.49. The van der Waals surface area contributed by atoms with Crippen molar-refractivity contribution >= 4 is 28.3 Å². The van der Waals surface area contributed by atoms with Gasteiger partial charge in [0.25, 0.3) is 5.56 Å². The van der Waals surface area contributed by atoms with Crippen molar-refractivity contribution in [2.24, 2.45) is 7.05 Å². The molecule has 0 aliphatic carbocycles. The topological polar surface area (TPSA) is 78.0 Å². The Labute approximate surface area is 221 Å². The van der Waals surface area contributed by atoms with Crippen LogP contribution < -0.4 is 10.5 Å². The molecule has 0 saturated carbocycles. The molecule has 188 valence electrons. The summed E-state index contributed by atoms with van der Waals surface area (Å²) >= 11 is 6.41. The minimum absolute atomic E-state index is 0.0670. The molecule has 8 heteroatoms. The number of anilines is 1. The van der Waals surface area contributed by atoms with Gasteiger partial charge in [-0.2, -0.15) is 5.26 Å². The molecule has 1 unspecified atom stereocenters. The molecule has 1 fully saturated rings. The van der Waals surface area contributed by atoms with Crippen molar-refractivity contribution in [3.8, 4) is 6.07 Å². The molecule has 0 spiro atoms. The number of rotatable bonds is 4. The highest BCUT2D eigenvalue weighted by molar-refractivity contribution is 6.30. The number of hydrogen-bond acceptors (Lipinski definition) is 6. The van der Waals surface area contributed by atoms with Crippen LogP contribution in [0.25, 0.3) is 11.0 Å². The third-order valence-electron chi connectivity index (χ3n) is 7.24. The lowest BCUT2D eigenvalue weighted by molar-refractivity contribution is 0.128. The normalized spacial score (nSPS) is 19.1. The number of pyridine rings is 3. The van der Waals surface area contributed by atoms with E-state index in [0.29, 0.717) is 28.3 Å². The predicted molar refractivity (Wildman–Crippen MR) is 147 cm³/mol. The number of benzene rings is 1. The van der Waals surface area contributed by atoms with E-state index in [4.69, 9.17) is 16.6 Å². The van der Waals surface area contributed by atoms with Crippen molar-refractivity contribution in [2.75, 3.05) is 18.0 Å². The molecule has 0 bridgehead atoms. The molecule has 0 N–H and O–H groups in total. The van der Waals surface area contributed by atoms with Crippen molar-refractivity contribution in [1.29, 1.82) is 5.26 Å². The van der Waals surface area contributed by atoms with Crippen molar-refractivity contribution in [3.05, 3.63) is 98.7 Å². The number of hydrogen-bond donors (Lipinski definition) is 0. The molecule has 37 heavy (non-hydrogen) atoms. The van der Waals surface area contributed by atoms with Crippen LogP contribution in [0.2, 0.25) is 5.02 Å². The lowest BCUT2D eigenvalue weighted by Crippen LogP contribution is -2.57. The van der Waals surface area contributed by atoms with Gasteiger partial charge in [-0.1, -0.05) is 29.8 Å². The van der Waals surface area contributed by atoms with E-state index in [2.05, 4.69) is 52.9 Å². The van der Waals surface area contributed by atoms with Crippen LogP contribution in [-0.2, 0) is 7.05 Å². The number of aromatic nitrogens is 3. The van der Waals surface area contributed by atoms with E-state index in [1.165, 1.54) is 0 Å². The van der Waals surface area contributed by atoms with Gasteiger partial charge in [-0.25, -0.2) is 4.98 Å². The summed E-state index contributed by atoms with van der Waals surface area (Å²) in [5, 5.41) is 10.1. The van der Waals surface area contributed by atoms with E-state index < -0.39 is 0 Å². The summed E-state index contributed by atoms with van der Waals surface area (Å²) in [6, 6.07) is 19.5. The molecule has 1 aromatic carbocycles. The number of halogens is 1. The second-order valence-electron chi connectivity index (χ2n) is 9.87. The molecule has 3 aromatic heterocycles. The number of nitriles is 1. The molecule has 3 atom stereocenters. The smallest absolute Gasteiger partial charge is 0.252 e. The minimum Gasteiger partial charge on any atom is -0.364 e. The molecular weight excluding hydrogens is 484 g/mol. The first kappa shape index (κ1) is 24.9. The van der Waals surface area contributed by atoms with Gasteiger partial charge in [0.2, 0.25) is 0 Å². The first-order valence-electron chi connectivity index (χ1n) is 12.4. The van der Waals surface area contributed by atoms with Gasteiger partial charge in [0, 0.05) is 49.5 Å². The largest absolute Gasteiger partial charge is 0.364 e. The minimum atomic E-state index is -0.100. The Hall–Kier alpha value is -3.73. The Kier molecular flexibility index (Phi) is 6.72. The number of aryl methyl sites for hydroxylation is 2. The van der Waals surface area contributed by atoms with Crippen LogP contribution in [0.15, 0.2) is 65.6 Å². The van der Waals surface area contributed by atoms with Crippen molar-refractivity contribution in [3.63, 3.8) is 0 Å². The summed E-state index contributed by atoms with van der Waals surface area (Å²) in [7, 11) is 1.73. The highest BCUT2D eigenvalue weighted by atomic mass is 35.5. The number of fused-ring (bicyclic) bond motifs is 1. The van der Waals surface area contributed by atoms with Gasteiger partial charge in [0.15, 0.2) is 0 Å². The Bertz CT molecular complexity index is 1560. The predicted octanol–water partition coefficient (Wildman–Crippen LogP) is 4.85. The lowest BCUT2D eigenvalue weighted by atomic mass is 9.96. The van der Waals surface area contributed by atoms with Gasteiger partial charge >= 0.3 is 0 Å². The second-order valence-corrected chi connectivity index (χ2v) is 10.3. The van der Waals surface area contributed by atoms with Crippen LogP contribution in [0.3, 0.4) is 0 Å². The zero-order valence-electron chi connectivity index (χ0n) is 21.4. The SMILES string of the molecule is Cc1ccc(C(c2cccc(Cl)c2)N2C[C@H](C)N(c3cc(=O)n(C)c4ccc(C#N)nc34)C[C@H]2C)nc1. The van der Waals surface area contributed by atoms with E-state index in [0.717, 1.165) is 29.1 Å². The van der Waals surface area contributed by atoms with Crippen LogP contribution in [-0.4, -0.2) is 44.6 Å². The summed E-state index contributed by atoms with van der Waals surface area (Å²) in [6.45, 7) is 7.82. The summed E-state index contributed by atoms with van der Waals surface area (Å²) in [5.41, 5.74) is 5.55. The van der Waals surface area contributed by atoms with Gasteiger partial charge in [0.1, 0.15) is 17.3 Å². The molecule has 0 amide bonds. The van der Waals surface area contributed by atoms with Gasteiger partial charge < -0.3 is 9.47 Å². The summed E-state index contributed by atoms with van der Waals surface area (Å²) in [5.74, 6) is 0. The highest BCUT2D eigenvalue weighted by Gasteiger charge is 2.36. The average molecular weight is 513 g/mol. The van der Waals surface area contributed by atoms with Crippen molar-refractivity contribution in [2.45, 2.75) is 38.9 Å². The molecule has 5 rings (SSSR count). The van der Waals surface area contributed by atoms with Gasteiger partial charge in [-0.3, -0.25) is 14.7 Å². The molecule has 1 aliphatic rings. The van der Waals surface area contributed by atoms with Crippen molar-refractivity contribution < 1.29 is 0 Å². The summed E-state index contributed by atoms with van der Waals surface area (Å²) in [4.78, 5) is 27.0. The molecule has 1 aliphatic heterocycles. The number of nitrogens with zero attached hydrogens (tertiary/aromatic N) is 6. The maximum Gasteiger partial charge on any atom is 0.252 e. The molecular formula is C29H29ClN6O. The van der Waals surface area contributed by atoms with E-state index in [1.807, 2.05) is 31.3 Å². The first-order valence-corrected chi connectivity index (χ1v) is 12.8. The quantitative estimate of drug-likeness (QED) is 0.389. The monoisotopic (exact) mass is 512 g/mol. The average Bonchev–Trinajstić information content (AvgIpc) is 2.89. The first-order chi connectivity index (χ1) is 17.8. The standard InChI is InChI=1S/C29H29ClN6O/c1-18-8-10-24(32-15-18)29(21-6-5-7-22(30)12-21)36-17-19(2)35(16-20(36)3)26-13-27(37)34(4)25-11-9-23(14-31)33-28(25)26/h5-13,15,19-20,29H,16-17H2,1-4H3/t19-,20+,29?/m0/s1. The van der Waals surface area contributed by atoms with Crippen LogP contribution in [0.1, 0.15) is 42.4 Å². The molecule has 4 aromatic rings. The van der Waals surface area contributed by atoms with Gasteiger partial charge in [-0.05, 0) is 62.2 Å². The maximum atomic E-state index is 12.9. The third-order valence-corrected chi connectivity index (χ3v) is 7.47. The maximum absolute atomic E-state index is 12.9. The third kappa shape index (κ3) is 4.71. The van der Waals surface area contributed by atoms with E-state index in [9.17, 15) is 10.1 Å². The van der Waals surface area contributed by atoms with E-state index >= 15 is 0 Å². The van der Waals surface area contributed by atoms with Gasteiger partial charge in [-0.15, -0.1) is 0 Å². The molecule has 0 radical (unpaired) electrons. The fourth-order valence-electron chi connectivity index (χ4n) is 5.29. The van der Waals surface area contributed by atoms with Gasteiger partial charge in [0.05, 0.1) is 22.9 Å².